The van der Waals surface area contributed by atoms with Gasteiger partial charge in [-0.3, -0.25) is 0 Å². The quantitative estimate of drug-likeness (QED) is 0.581. The minimum Gasteiger partial charge on any atom is -0.401 e. The molecule has 0 radical (unpaired) electrons. The standard InChI is InChI=1S/C20H18N6/c1-13(22)18(9-5-16-6-10-19(24)25-12-16)20(26-14(2)23)17-7-3-15(11-21)4-8-17/h3-4,6-8,10,12H,2,22-23H2,1H3,(H2,24,25)/b18-13-,26-20-. The SMILES string of the molecule is C=C(N)/N=C(\C(C#Cc1ccc(N)nc1)=C(\C)N)c1ccc(C#N)cc1. The average Bonchev–Trinajstić information content (AvgIpc) is 2.62. The molecule has 26 heavy (non-hydrogen) atoms. The van der Waals surface area contributed by atoms with E-state index in [1.165, 1.54) is 0 Å². The fourth-order valence-corrected chi connectivity index (χ4v) is 2.07. The molecule has 2 aromatic rings. The molecule has 1 aromatic heterocycles. The van der Waals surface area contributed by atoms with E-state index in [1.54, 1.807) is 49.5 Å². The molecule has 0 aliphatic carbocycles. The van der Waals surface area contributed by atoms with Crippen molar-refractivity contribution < 1.29 is 0 Å². The number of hydrogen-bond acceptors (Lipinski definition) is 6. The molecule has 128 valence electrons. The summed E-state index contributed by atoms with van der Waals surface area (Å²) in [6.45, 7) is 5.35. The van der Waals surface area contributed by atoms with Gasteiger partial charge in [0.15, 0.2) is 0 Å². The minimum absolute atomic E-state index is 0.124. The summed E-state index contributed by atoms with van der Waals surface area (Å²) in [5, 5.41) is 8.96. The molecule has 0 aliphatic rings. The van der Waals surface area contributed by atoms with Crippen molar-refractivity contribution in [1.82, 2.24) is 4.98 Å². The normalized spacial score (nSPS) is 11.6. The summed E-state index contributed by atoms with van der Waals surface area (Å²) >= 11 is 0. The number of nitriles is 1. The summed E-state index contributed by atoms with van der Waals surface area (Å²) in [4.78, 5) is 8.30. The van der Waals surface area contributed by atoms with E-state index in [4.69, 9.17) is 22.5 Å². The van der Waals surface area contributed by atoms with E-state index in [0.717, 1.165) is 5.56 Å². The first-order valence-corrected chi connectivity index (χ1v) is 7.64. The molecule has 0 saturated carbocycles. The van der Waals surface area contributed by atoms with E-state index in [2.05, 4.69) is 34.5 Å². The number of aromatic nitrogens is 1. The largest absolute Gasteiger partial charge is 0.401 e. The molecule has 1 heterocycles. The van der Waals surface area contributed by atoms with Gasteiger partial charge < -0.3 is 17.2 Å². The number of allylic oxidation sites excluding steroid dienone is 2. The summed E-state index contributed by atoms with van der Waals surface area (Å²) in [5.41, 5.74) is 20.7. The van der Waals surface area contributed by atoms with Crippen LogP contribution >= 0.6 is 0 Å². The predicted octanol–water partition coefficient (Wildman–Crippen LogP) is 2.04. The van der Waals surface area contributed by atoms with Crippen molar-refractivity contribution in [2.45, 2.75) is 6.92 Å². The molecule has 0 spiro atoms. The van der Waals surface area contributed by atoms with Crippen molar-refractivity contribution in [2.75, 3.05) is 5.73 Å². The summed E-state index contributed by atoms with van der Waals surface area (Å²) < 4.78 is 0. The number of benzene rings is 1. The van der Waals surface area contributed by atoms with Gasteiger partial charge in [0.2, 0.25) is 0 Å². The Labute approximate surface area is 152 Å². The minimum atomic E-state index is 0.124. The van der Waals surface area contributed by atoms with Crippen LogP contribution in [0.25, 0.3) is 0 Å². The van der Waals surface area contributed by atoms with Crippen molar-refractivity contribution in [3.05, 3.63) is 83.0 Å². The second-order valence-corrected chi connectivity index (χ2v) is 5.42. The number of pyridine rings is 1. The number of nitrogen functional groups attached to an aromatic ring is 1. The number of aliphatic imine (C=N–C) groups is 1. The van der Waals surface area contributed by atoms with Crippen molar-refractivity contribution in [1.29, 1.82) is 5.26 Å². The fraction of sp³-hybridized carbons (Fsp3) is 0.0500. The molecular formula is C20H18N6. The third-order valence-electron chi connectivity index (χ3n) is 3.29. The van der Waals surface area contributed by atoms with Gasteiger partial charge in [-0.15, -0.1) is 0 Å². The molecule has 6 nitrogen and oxygen atoms in total. The van der Waals surface area contributed by atoms with E-state index in [-0.39, 0.29) is 5.82 Å². The van der Waals surface area contributed by atoms with E-state index < -0.39 is 0 Å². The van der Waals surface area contributed by atoms with Crippen LogP contribution in [0.4, 0.5) is 5.82 Å². The third-order valence-corrected chi connectivity index (χ3v) is 3.29. The van der Waals surface area contributed by atoms with Crippen molar-refractivity contribution in [3.63, 3.8) is 0 Å². The first-order chi connectivity index (χ1) is 12.4. The molecule has 6 N–H and O–H groups in total. The van der Waals surface area contributed by atoms with E-state index in [1.807, 2.05) is 0 Å². The average molecular weight is 342 g/mol. The molecule has 0 amide bonds. The van der Waals surface area contributed by atoms with E-state index in [9.17, 15) is 0 Å². The second-order valence-electron chi connectivity index (χ2n) is 5.42. The second kappa shape index (κ2) is 8.18. The Bertz CT molecular complexity index is 974. The van der Waals surface area contributed by atoms with Gasteiger partial charge >= 0.3 is 0 Å². The highest BCUT2D eigenvalue weighted by Crippen LogP contribution is 2.14. The lowest BCUT2D eigenvalue weighted by Gasteiger charge is -2.09. The van der Waals surface area contributed by atoms with Crippen LogP contribution in [0.15, 0.2) is 71.3 Å². The molecule has 0 aliphatic heterocycles. The zero-order valence-electron chi connectivity index (χ0n) is 14.3. The highest BCUT2D eigenvalue weighted by atomic mass is 14.9. The summed E-state index contributed by atoms with van der Waals surface area (Å²) in [6.07, 6.45) is 1.58. The van der Waals surface area contributed by atoms with Crippen LogP contribution in [0, 0.1) is 23.2 Å². The maximum atomic E-state index is 8.96. The van der Waals surface area contributed by atoms with Crippen molar-refractivity contribution >= 4 is 11.5 Å². The van der Waals surface area contributed by atoms with Crippen LogP contribution in [-0.2, 0) is 0 Å². The Balaban J connectivity index is 2.53. The van der Waals surface area contributed by atoms with Crippen LogP contribution in [0.1, 0.15) is 23.6 Å². The fourth-order valence-electron chi connectivity index (χ4n) is 2.07. The zero-order valence-corrected chi connectivity index (χ0v) is 14.3. The van der Waals surface area contributed by atoms with Gasteiger partial charge in [0.25, 0.3) is 0 Å². The van der Waals surface area contributed by atoms with Crippen LogP contribution in [-0.4, -0.2) is 10.7 Å². The highest BCUT2D eigenvalue weighted by molar-refractivity contribution is 6.16. The number of nitrogens with two attached hydrogens (primary N) is 3. The maximum Gasteiger partial charge on any atom is 0.123 e. The Hall–Kier alpha value is -4.03. The van der Waals surface area contributed by atoms with Crippen LogP contribution in [0.3, 0.4) is 0 Å². The number of anilines is 1. The summed E-state index contributed by atoms with van der Waals surface area (Å²) in [5.74, 6) is 6.55. The molecular weight excluding hydrogens is 324 g/mol. The molecule has 0 atom stereocenters. The number of hydrogen-bond donors (Lipinski definition) is 3. The topological polar surface area (TPSA) is 127 Å². The molecule has 6 heteroatoms. The lowest BCUT2D eigenvalue weighted by molar-refractivity contribution is 1.24. The van der Waals surface area contributed by atoms with Gasteiger partial charge in [0.05, 0.1) is 22.9 Å². The molecule has 0 fully saturated rings. The van der Waals surface area contributed by atoms with Crippen LogP contribution in [0.5, 0.6) is 0 Å². The first-order valence-electron chi connectivity index (χ1n) is 7.64. The highest BCUT2D eigenvalue weighted by Gasteiger charge is 2.11. The predicted molar refractivity (Wildman–Crippen MR) is 103 cm³/mol. The number of nitrogens with zero attached hydrogens (tertiary/aromatic N) is 3. The van der Waals surface area contributed by atoms with Crippen molar-refractivity contribution in [3.8, 4) is 17.9 Å². The number of rotatable bonds is 3. The summed E-state index contributed by atoms with van der Waals surface area (Å²) in [6, 6.07) is 12.4. The summed E-state index contributed by atoms with van der Waals surface area (Å²) in [7, 11) is 0. The smallest absolute Gasteiger partial charge is 0.123 e. The maximum absolute atomic E-state index is 8.96. The van der Waals surface area contributed by atoms with Gasteiger partial charge in [0.1, 0.15) is 11.6 Å². The zero-order chi connectivity index (χ0) is 19.1. The first kappa shape index (κ1) is 18.3. The lowest BCUT2D eigenvalue weighted by Crippen LogP contribution is -2.12. The van der Waals surface area contributed by atoms with E-state index >= 15 is 0 Å². The Morgan fingerprint density at radius 3 is 2.27 bits per heavy atom. The van der Waals surface area contributed by atoms with Gasteiger partial charge in [-0.25, -0.2) is 9.98 Å². The lowest BCUT2D eigenvalue weighted by atomic mass is 9.99. The molecule has 0 saturated heterocycles. The third kappa shape index (κ3) is 4.73. The Morgan fingerprint density at radius 1 is 1.12 bits per heavy atom. The van der Waals surface area contributed by atoms with E-state index in [0.29, 0.717) is 33.9 Å². The van der Waals surface area contributed by atoms with Gasteiger partial charge in [-0.2, -0.15) is 5.26 Å². The Morgan fingerprint density at radius 2 is 1.77 bits per heavy atom. The molecule has 1 aromatic carbocycles. The van der Waals surface area contributed by atoms with Gasteiger partial charge in [0, 0.05) is 23.0 Å². The molecule has 0 bridgehead atoms. The monoisotopic (exact) mass is 342 g/mol. The Kier molecular flexibility index (Phi) is 5.76. The molecule has 0 unspecified atom stereocenters. The van der Waals surface area contributed by atoms with Gasteiger partial charge in [-0.05, 0) is 31.2 Å². The van der Waals surface area contributed by atoms with Crippen LogP contribution < -0.4 is 17.2 Å². The van der Waals surface area contributed by atoms with Crippen molar-refractivity contribution in [2.24, 2.45) is 16.5 Å². The van der Waals surface area contributed by atoms with Crippen LogP contribution in [0.2, 0.25) is 0 Å². The van der Waals surface area contributed by atoms with Gasteiger partial charge in [-0.1, -0.05) is 30.6 Å². The molecule has 2 rings (SSSR count).